The van der Waals surface area contributed by atoms with Gasteiger partial charge in [-0.3, -0.25) is 14.3 Å². The highest BCUT2D eigenvalue weighted by molar-refractivity contribution is 6.35. The van der Waals surface area contributed by atoms with Crippen LogP contribution in [-0.4, -0.2) is 43.8 Å². The summed E-state index contributed by atoms with van der Waals surface area (Å²) in [5.74, 6) is 0.229. The molecule has 0 aliphatic rings. The SMILES string of the molecule is CCNC(=O)Nc1cccc(-n2c([C@H](C)N(C(=O)O)C(C)(C)C)nc3cccc(Cl)c3c2=O)c1. The molecule has 180 valence electrons. The Labute approximate surface area is 202 Å². The van der Waals surface area contributed by atoms with Crippen molar-refractivity contribution in [1.29, 1.82) is 0 Å². The highest BCUT2D eigenvalue weighted by Crippen LogP contribution is 2.30. The third kappa shape index (κ3) is 4.99. The lowest BCUT2D eigenvalue weighted by Crippen LogP contribution is -2.47. The maximum Gasteiger partial charge on any atom is 0.408 e. The van der Waals surface area contributed by atoms with Crippen molar-refractivity contribution >= 4 is 40.3 Å². The van der Waals surface area contributed by atoms with Crippen LogP contribution in [0.5, 0.6) is 0 Å². The monoisotopic (exact) mass is 485 g/mol. The lowest BCUT2D eigenvalue weighted by Gasteiger charge is -2.38. The maximum absolute atomic E-state index is 13.7. The number of fused-ring (bicyclic) bond motifs is 1. The number of carbonyl (C=O) groups excluding carboxylic acids is 1. The van der Waals surface area contributed by atoms with Gasteiger partial charge in [-0.1, -0.05) is 23.7 Å². The molecule has 0 radical (unpaired) electrons. The normalized spacial score (nSPS) is 12.3. The Morgan fingerprint density at radius 2 is 1.88 bits per heavy atom. The number of hydrogen-bond acceptors (Lipinski definition) is 4. The summed E-state index contributed by atoms with van der Waals surface area (Å²) >= 11 is 6.35. The number of nitrogens with one attached hydrogen (secondary N) is 2. The molecule has 34 heavy (non-hydrogen) atoms. The fraction of sp³-hybridized carbons (Fsp3) is 0.333. The number of urea groups is 1. The number of amides is 3. The third-order valence-corrected chi connectivity index (χ3v) is 5.58. The third-order valence-electron chi connectivity index (χ3n) is 5.26. The molecule has 3 N–H and O–H groups in total. The molecular weight excluding hydrogens is 458 g/mol. The van der Waals surface area contributed by atoms with E-state index in [0.717, 1.165) is 0 Å². The first-order valence-electron chi connectivity index (χ1n) is 10.8. The minimum atomic E-state index is -1.14. The molecule has 0 spiro atoms. The van der Waals surface area contributed by atoms with Gasteiger partial charge in [-0.05, 0) is 65.0 Å². The molecule has 0 aliphatic carbocycles. The van der Waals surface area contributed by atoms with Crippen LogP contribution in [0.2, 0.25) is 5.02 Å². The van der Waals surface area contributed by atoms with Crippen LogP contribution >= 0.6 is 11.6 Å². The number of carboxylic acid groups (broad SMARTS) is 1. The zero-order valence-electron chi connectivity index (χ0n) is 19.7. The lowest BCUT2D eigenvalue weighted by atomic mass is 10.0. The van der Waals surface area contributed by atoms with Gasteiger partial charge >= 0.3 is 12.1 Å². The zero-order chi connectivity index (χ0) is 25.2. The fourth-order valence-corrected chi connectivity index (χ4v) is 4.19. The van der Waals surface area contributed by atoms with Crippen LogP contribution < -0.4 is 16.2 Å². The van der Waals surface area contributed by atoms with Gasteiger partial charge in [0, 0.05) is 17.8 Å². The predicted octanol–water partition coefficient (Wildman–Crippen LogP) is 5.02. The summed E-state index contributed by atoms with van der Waals surface area (Å²) in [4.78, 5) is 43.8. The molecule has 1 heterocycles. The van der Waals surface area contributed by atoms with Crippen molar-refractivity contribution in [2.24, 2.45) is 0 Å². The summed E-state index contributed by atoms with van der Waals surface area (Å²) < 4.78 is 1.35. The summed E-state index contributed by atoms with van der Waals surface area (Å²) in [7, 11) is 0. The number of benzene rings is 2. The summed E-state index contributed by atoms with van der Waals surface area (Å²) in [5.41, 5.74) is 0.0331. The first-order valence-corrected chi connectivity index (χ1v) is 11.2. The Morgan fingerprint density at radius 3 is 2.50 bits per heavy atom. The second-order valence-electron chi connectivity index (χ2n) is 8.78. The number of hydrogen-bond donors (Lipinski definition) is 3. The van der Waals surface area contributed by atoms with Gasteiger partial charge in [0.2, 0.25) is 0 Å². The molecule has 0 bridgehead atoms. The van der Waals surface area contributed by atoms with Crippen molar-refractivity contribution < 1.29 is 14.7 Å². The molecule has 0 saturated carbocycles. The van der Waals surface area contributed by atoms with Gasteiger partial charge in [-0.2, -0.15) is 0 Å². The van der Waals surface area contributed by atoms with Crippen molar-refractivity contribution in [2.75, 3.05) is 11.9 Å². The van der Waals surface area contributed by atoms with E-state index in [1.165, 1.54) is 9.47 Å². The molecule has 3 rings (SSSR count). The number of carbonyl (C=O) groups is 2. The van der Waals surface area contributed by atoms with Gasteiger partial charge in [-0.15, -0.1) is 0 Å². The fourth-order valence-electron chi connectivity index (χ4n) is 3.94. The van der Waals surface area contributed by atoms with Crippen molar-refractivity contribution in [3.8, 4) is 5.69 Å². The number of halogens is 1. The molecule has 2 aromatic carbocycles. The summed E-state index contributed by atoms with van der Waals surface area (Å²) in [6.07, 6.45) is -1.14. The molecular formula is C24H28ClN5O4. The Balaban J connectivity index is 2.30. The van der Waals surface area contributed by atoms with Crippen molar-refractivity contribution in [1.82, 2.24) is 19.8 Å². The minimum absolute atomic E-state index is 0.222. The quantitative estimate of drug-likeness (QED) is 0.469. The highest BCUT2D eigenvalue weighted by atomic mass is 35.5. The molecule has 1 atom stereocenters. The molecule has 10 heteroatoms. The Morgan fingerprint density at radius 1 is 1.21 bits per heavy atom. The number of aromatic nitrogens is 2. The van der Waals surface area contributed by atoms with Crippen LogP contribution in [0.25, 0.3) is 16.6 Å². The van der Waals surface area contributed by atoms with Gasteiger partial charge in [0.05, 0.1) is 27.7 Å². The largest absolute Gasteiger partial charge is 0.465 e. The van der Waals surface area contributed by atoms with Gasteiger partial charge in [0.1, 0.15) is 5.82 Å². The van der Waals surface area contributed by atoms with E-state index in [4.69, 9.17) is 11.6 Å². The van der Waals surface area contributed by atoms with E-state index in [-0.39, 0.29) is 22.3 Å². The van der Waals surface area contributed by atoms with Gasteiger partial charge in [0.15, 0.2) is 0 Å². The minimum Gasteiger partial charge on any atom is -0.465 e. The Hall–Kier alpha value is -3.59. The van der Waals surface area contributed by atoms with Crippen LogP contribution in [-0.2, 0) is 0 Å². The second kappa shape index (κ2) is 9.72. The van der Waals surface area contributed by atoms with E-state index >= 15 is 0 Å². The molecule has 0 unspecified atom stereocenters. The zero-order valence-corrected chi connectivity index (χ0v) is 20.5. The molecule has 0 saturated heterocycles. The van der Waals surface area contributed by atoms with E-state index in [0.29, 0.717) is 23.4 Å². The second-order valence-corrected chi connectivity index (χ2v) is 9.19. The Kier molecular flexibility index (Phi) is 7.16. The van der Waals surface area contributed by atoms with Crippen molar-refractivity contribution in [2.45, 2.75) is 46.2 Å². The number of rotatable bonds is 5. The van der Waals surface area contributed by atoms with Crippen molar-refractivity contribution in [3.63, 3.8) is 0 Å². The summed E-state index contributed by atoms with van der Waals surface area (Å²) in [5, 5.41) is 15.8. The number of anilines is 1. The highest BCUT2D eigenvalue weighted by Gasteiger charge is 2.34. The van der Waals surface area contributed by atoms with Crippen LogP contribution in [0.15, 0.2) is 47.3 Å². The van der Waals surface area contributed by atoms with Gasteiger partial charge < -0.3 is 15.7 Å². The summed E-state index contributed by atoms with van der Waals surface area (Å²) in [6.45, 7) is 9.26. The maximum atomic E-state index is 13.7. The average molecular weight is 486 g/mol. The summed E-state index contributed by atoms with van der Waals surface area (Å²) in [6, 6.07) is 10.5. The average Bonchev–Trinajstić information content (AvgIpc) is 2.72. The van der Waals surface area contributed by atoms with E-state index in [2.05, 4.69) is 15.6 Å². The lowest BCUT2D eigenvalue weighted by molar-refractivity contribution is 0.0719. The smallest absolute Gasteiger partial charge is 0.408 e. The van der Waals surface area contributed by atoms with Crippen LogP contribution in [0.1, 0.15) is 46.5 Å². The molecule has 1 aromatic heterocycles. The van der Waals surface area contributed by atoms with Crippen LogP contribution in [0.3, 0.4) is 0 Å². The molecule has 3 amide bonds. The van der Waals surface area contributed by atoms with Crippen LogP contribution in [0, 0.1) is 0 Å². The van der Waals surface area contributed by atoms with Crippen LogP contribution in [0.4, 0.5) is 15.3 Å². The molecule has 3 aromatic rings. The van der Waals surface area contributed by atoms with Crippen molar-refractivity contribution in [3.05, 3.63) is 63.7 Å². The van der Waals surface area contributed by atoms with E-state index in [1.807, 2.05) is 0 Å². The van der Waals surface area contributed by atoms with Gasteiger partial charge in [-0.25, -0.2) is 14.6 Å². The van der Waals surface area contributed by atoms with E-state index in [1.54, 1.807) is 77.1 Å². The standard InChI is InChI=1S/C24H28ClN5O4/c1-6-26-22(32)27-15-9-7-10-16(13-15)29-20(14(2)30(23(33)34)24(3,4)5)28-18-12-8-11-17(25)19(18)21(29)31/h7-14H,6H2,1-5H3,(H,33,34)(H2,26,27,32)/t14-/m0/s1. The Bertz CT molecular complexity index is 1300. The molecule has 0 aliphatic heterocycles. The number of nitrogens with zero attached hydrogens (tertiary/aromatic N) is 3. The predicted molar refractivity (Wildman–Crippen MR) is 133 cm³/mol. The first kappa shape index (κ1) is 25.0. The first-order chi connectivity index (χ1) is 16.0. The van der Waals surface area contributed by atoms with E-state index in [9.17, 15) is 19.5 Å². The van der Waals surface area contributed by atoms with Gasteiger partial charge in [0.25, 0.3) is 5.56 Å². The topological polar surface area (TPSA) is 117 Å². The molecule has 9 nitrogen and oxygen atoms in total. The molecule has 0 fully saturated rings. The van der Waals surface area contributed by atoms with E-state index < -0.39 is 23.2 Å².